The standard InChI is InChI=1S/C8H12FNO2/c9-6-3-8(5-11)2-1-7(12)10(8)4-6/h6,11H,1-5H2/t6-,8+/m0/s1. The van der Waals surface area contributed by atoms with Crippen molar-refractivity contribution >= 4 is 5.91 Å². The van der Waals surface area contributed by atoms with Crippen molar-refractivity contribution in [2.75, 3.05) is 13.2 Å². The Bertz CT molecular complexity index is 221. The van der Waals surface area contributed by atoms with Gasteiger partial charge in [0.05, 0.1) is 18.7 Å². The highest BCUT2D eigenvalue weighted by Crippen LogP contribution is 2.40. The van der Waals surface area contributed by atoms with Gasteiger partial charge in [-0.25, -0.2) is 4.39 Å². The molecule has 2 aliphatic rings. The van der Waals surface area contributed by atoms with Crippen LogP contribution in [0, 0.1) is 0 Å². The highest BCUT2D eigenvalue weighted by atomic mass is 19.1. The molecule has 0 bridgehead atoms. The van der Waals surface area contributed by atoms with Gasteiger partial charge in [-0.15, -0.1) is 0 Å². The van der Waals surface area contributed by atoms with Crippen molar-refractivity contribution in [2.24, 2.45) is 0 Å². The monoisotopic (exact) mass is 173 g/mol. The van der Waals surface area contributed by atoms with E-state index in [0.717, 1.165) is 0 Å². The van der Waals surface area contributed by atoms with Gasteiger partial charge in [0.1, 0.15) is 6.17 Å². The summed E-state index contributed by atoms with van der Waals surface area (Å²) in [5.41, 5.74) is -0.545. The molecule has 0 aromatic rings. The lowest BCUT2D eigenvalue weighted by molar-refractivity contribution is -0.130. The molecule has 0 spiro atoms. The zero-order valence-electron chi connectivity index (χ0n) is 6.79. The van der Waals surface area contributed by atoms with Gasteiger partial charge < -0.3 is 10.0 Å². The van der Waals surface area contributed by atoms with Crippen LogP contribution in [-0.2, 0) is 4.79 Å². The summed E-state index contributed by atoms with van der Waals surface area (Å²) in [6.45, 7) is 0.0819. The number of nitrogens with zero attached hydrogens (tertiary/aromatic N) is 1. The molecule has 2 heterocycles. The number of carbonyl (C=O) groups excluding carboxylic acids is 1. The first-order valence-corrected chi connectivity index (χ1v) is 4.23. The topological polar surface area (TPSA) is 40.5 Å². The molecule has 0 aromatic carbocycles. The Labute approximate surface area is 70.2 Å². The van der Waals surface area contributed by atoms with Crippen molar-refractivity contribution in [3.8, 4) is 0 Å². The lowest BCUT2D eigenvalue weighted by Crippen LogP contribution is -2.43. The lowest BCUT2D eigenvalue weighted by Gasteiger charge is -2.28. The fourth-order valence-electron chi connectivity index (χ4n) is 2.29. The highest BCUT2D eigenvalue weighted by molar-refractivity contribution is 5.80. The van der Waals surface area contributed by atoms with Crippen LogP contribution in [0.5, 0.6) is 0 Å². The van der Waals surface area contributed by atoms with Crippen molar-refractivity contribution in [3.63, 3.8) is 0 Å². The van der Waals surface area contributed by atoms with Crippen LogP contribution in [0.4, 0.5) is 4.39 Å². The van der Waals surface area contributed by atoms with E-state index in [2.05, 4.69) is 0 Å². The Morgan fingerprint density at radius 3 is 3.08 bits per heavy atom. The summed E-state index contributed by atoms with van der Waals surface area (Å²) in [5, 5.41) is 9.10. The van der Waals surface area contributed by atoms with Crippen LogP contribution in [0.25, 0.3) is 0 Å². The fourth-order valence-corrected chi connectivity index (χ4v) is 2.29. The number of carbonyl (C=O) groups is 1. The molecule has 0 saturated carbocycles. The van der Waals surface area contributed by atoms with E-state index in [1.54, 1.807) is 0 Å². The molecule has 4 heteroatoms. The van der Waals surface area contributed by atoms with Crippen LogP contribution in [0.1, 0.15) is 19.3 Å². The minimum atomic E-state index is -0.943. The Balaban J connectivity index is 2.25. The number of aliphatic hydroxyl groups is 1. The van der Waals surface area contributed by atoms with E-state index < -0.39 is 11.7 Å². The zero-order valence-corrected chi connectivity index (χ0v) is 6.79. The summed E-state index contributed by atoms with van der Waals surface area (Å²) in [4.78, 5) is 12.7. The van der Waals surface area contributed by atoms with Crippen LogP contribution in [0.3, 0.4) is 0 Å². The van der Waals surface area contributed by atoms with E-state index in [1.165, 1.54) is 4.90 Å². The van der Waals surface area contributed by atoms with Gasteiger partial charge in [-0.05, 0) is 6.42 Å². The Morgan fingerprint density at radius 2 is 2.50 bits per heavy atom. The van der Waals surface area contributed by atoms with Crippen LogP contribution >= 0.6 is 0 Å². The van der Waals surface area contributed by atoms with Crippen molar-refractivity contribution in [3.05, 3.63) is 0 Å². The number of hydrogen-bond donors (Lipinski definition) is 1. The molecule has 2 saturated heterocycles. The first-order valence-electron chi connectivity index (χ1n) is 4.23. The number of rotatable bonds is 1. The van der Waals surface area contributed by atoms with Gasteiger partial charge >= 0.3 is 0 Å². The summed E-state index contributed by atoms with van der Waals surface area (Å²) in [5.74, 6) is -0.01000. The molecule has 0 radical (unpaired) electrons. The Hall–Kier alpha value is -0.640. The number of hydrogen-bond acceptors (Lipinski definition) is 2. The predicted octanol–water partition coefficient (Wildman–Crippen LogP) is 0.0817. The normalized spacial score (nSPS) is 40.7. The van der Waals surface area contributed by atoms with Crippen molar-refractivity contribution in [1.82, 2.24) is 4.90 Å². The largest absolute Gasteiger partial charge is 0.394 e. The van der Waals surface area contributed by atoms with Gasteiger partial charge in [0.25, 0.3) is 0 Å². The van der Waals surface area contributed by atoms with E-state index in [9.17, 15) is 9.18 Å². The maximum atomic E-state index is 12.9. The molecule has 1 N–H and O–H groups in total. The first kappa shape index (κ1) is 7.98. The molecule has 0 aliphatic carbocycles. The molecule has 2 fully saturated rings. The molecule has 2 rings (SSSR count). The molecule has 12 heavy (non-hydrogen) atoms. The number of fused-ring (bicyclic) bond motifs is 1. The second-order valence-corrected chi connectivity index (χ2v) is 3.69. The summed E-state index contributed by atoms with van der Waals surface area (Å²) in [7, 11) is 0. The van der Waals surface area contributed by atoms with E-state index in [4.69, 9.17) is 5.11 Å². The summed E-state index contributed by atoms with van der Waals surface area (Å²) < 4.78 is 12.9. The third-order valence-electron chi connectivity index (χ3n) is 2.95. The fraction of sp³-hybridized carbons (Fsp3) is 0.875. The molecule has 3 nitrogen and oxygen atoms in total. The second-order valence-electron chi connectivity index (χ2n) is 3.69. The summed E-state index contributed by atoms with van der Waals surface area (Å²) in [6.07, 6.45) is 0.451. The zero-order chi connectivity index (χ0) is 8.77. The van der Waals surface area contributed by atoms with E-state index in [-0.39, 0.29) is 19.1 Å². The van der Waals surface area contributed by atoms with Crippen LogP contribution in [-0.4, -0.2) is 40.8 Å². The number of alkyl halides is 1. The molecule has 0 unspecified atom stereocenters. The van der Waals surface area contributed by atoms with Crippen molar-refractivity contribution in [2.45, 2.75) is 31.0 Å². The van der Waals surface area contributed by atoms with Gasteiger partial charge in [-0.3, -0.25) is 4.79 Å². The minimum absolute atomic E-state index is 0.01000. The van der Waals surface area contributed by atoms with Gasteiger partial charge in [-0.2, -0.15) is 0 Å². The van der Waals surface area contributed by atoms with Gasteiger partial charge in [0.15, 0.2) is 0 Å². The maximum absolute atomic E-state index is 12.9. The molecular weight excluding hydrogens is 161 g/mol. The summed E-state index contributed by atoms with van der Waals surface area (Å²) >= 11 is 0. The molecule has 2 aliphatic heterocycles. The van der Waals surface area contributed by atoms with Gasteiger partial charge in [-0.1, -0.05) is 0 Å². The van der Waals surface area contributed by atoms with Crippen molar-refractivity contribution < 1.29 is 14.3 Å². The smallest absolute Gasteiger partial charge is 0.223 e. The van der Waals surface area contributed by atoms with E-state index >= 15 is 0 Å². The quantitative estimate of drug-likeness (QED) is 0.610. The Kier molecular flexibility index (Phi) is 1.61. The molecular formula is C8H12FNO2. The first-order chi connectivity index (χ1) is 5.68. The van der Waals surface area contributed by atoms with Gasteiger partial charge in [0, 0.05) is 12.8 Å². The lowest BCUT2D eigenvalue weighted by atomic mass is 9.95. The average molecular weight is 173 g/mol. The molecule has 2 atom stereocenters. The number of amides is 1. The summed E-state index contributed by atoms with van der Waals surface area (Å²) in [6, 6.07) is 0. The van der Waals surface area contributed by atoms with Crippen LogP contribution in [0.15, 0.2) is 0 Å². The third kappa shape index (κ3) is 0.874. The van der Waals surface area contributed by atoms with Crippen molar-refractivity contribution in [1.29, 1.82) is 0 Å². The second kappa shape index (κ2) is 2.42. The number of halogens is 1. The minimum Gasteiger partial charge on any atom is -0.394 e. The van der Waals surface area contributed by atoms with Crippen LogP contribution in [0.2, 0.25) is 0 Å². The molecule has 68 valence electrons. The average Bonchev–Trinajstić information content (AvgIpc) is 2.51. The Morgan fingerprint density at radius 1 is 1.75 bits per heavy atom. The van der Waals surface area contributed by atoms with E-state index in [1.807, 2.05) is 0 Å². The third-order valence-corrected chi connectivity index (χ3v) is 2.95. The number of aliphatic hydroxyl groups excluding tert-OH is 1. The maximum Gasteiger partial charge on any atom is 0.223 e. The SMILES string of the molecule is O=C1CC[C@]2(CO)C[C@H](F)CN12. The predicted molar refractivity (Wildman–Crippen MR) is 40.3 cm³/mol. The van der Waals surface area contributed by atoms with Gasteiger partial charge in [0.2, 0.25) is 5.91 Å². The molecule has 1 amide bonds. The highest BCUT2D eigenvalue weighted by Gasteiger charge is 2.51. The van der Waals surface area contributed by atoms with E-state index in [0.29, 0.717) is 19.3 Å². The molecule has 0 aromatic heterocycles. The van der Waals surface area contributed by atoms with Crippen LogP contribution < -0.4 is 0 Å².